The molecule has 2 atom stereocenters. The van der Waals surface area contributed by atoms with Gasteiger partial charge in [-0.1, -0.05) is 5.09 Å². The van der Waals surface area contributed by atoms with Gasteiger partial charge in [-0.05, 0) is 11.0 Å². The number of rotatable bonds is 6. The third kappa shape index (κ3) is 6.15. The van der Waals surface area contributed by atoms with Crippen LogP contribution in [0.5, 0.6) is 0 Å². The molecule has 0 amide bonds. The molecule has 0 heterocycles. The van der Waals surface area contributed by atoms with Crippen LogP contribution in [0.2, 0.25) is 0 Å². The molecule has 0 rings (SSSR count). The fourth-order valence-electron chi connectivity index (χ4n) is 0.644. The topological polar surface area (TPSA) is 124 Å². The van der Waals surface area contributed by atoms with Gasteiger partial charge in [-0.2, -0.15) is 0 Å². The zero-order valence-electron chi connectivity index (χ0n) is 6.51. The van der Waals surface area contributed by atoms with Gasteiger partial charge in [-0.25, -0.2) is 0 Å². The smallest absolute Gasteiger partial charge is 0.481 e. The van der Waals surface area contributed by atoms with Crippen molar-refractivity contribution in [2.45, 2.75) is 18.9 Å². The Kier molecular flexibility index (Phi) is 5.13. The fraction of sp³-hybridized carbons (Fsp3) is 0.600. The van der Waals surface area contributed by atoms with Crippen molar-refractivity contribution in [2.75, 3.05) is 0 Å². The molecule has 7 nitrogen and oxygen atoms in total. The highest BCUT2D eigenvalue weighted by molar-refractivity contribution is 7.35. The summed E-state index contributed by atoms with van der Waals surface area (Å²) in [6.45, 7) is 0. The Bertz CT molecular complexity index is 229. The third-order valence-electron chi connectivity index (χ3n) is 1.21. The van der Waals surface area contributed by atoms with Gasteiger partial charge < -0.3 is 10.2 Å². The van der Waals surface area contributed by atoms with Crippen LogP contribution in [0.25, 0.3) is 0 Å². The molecule has 0 aromatic carbocycles. The van der Waals surface area contributed by atoms with E-state index in [1.165, 1.54) is 0 Å². The summed E-state index contributed by atoms with van der Waals surface area (Å²) in [7, 11) is -2.78. The second-order valence-corrected chi connectivity index (χ2v) is 3.03. The van der Waals surface area contributed by atoms with E-state index in [0.29, 0.717) is 0 Å². The van der Waals surface area contributed by atoms with Crippen molar-refractivity contribution >= 4 is 20.1 Å². The summed E-state index contributed by atoms with van der Waals surface area (Å²) in [5.41, 5.74) is 0. The maximum Gasteiger partial charge on any atom is 0.611 e. The normalized spacial score (nSPS) is 13.5. The van der Waals surface area contributed by atoms with Gasteiger partial charge >= 0.3 is 20.1 Å². The van der Waals surface area contributed by atoms with Crippen molar-refractivity contribution in [1.29, 1.82) is 0 Å². The number of hydrogen-bond donors (Lipinski definition) is 4. The van der Waals surface area contributed by atoms with Gasteiger partial charge in [0.05, 0.1) is 0 Å². The lowest BCUT2D eigenvalue weighted by atomic mass is 10.2. The van der Waals surface area contributed by atoms with Crippen LogP contribution in [0.15, 0.2) is 0 Å². The second-order valence-electron chi connectivity index (χ2n) is 2.23. The Morgan fingerprint density at radius 3 is 2.23 bits per heavy atom. The number of carbonyl (C=O) groups is 2. The molecule has 74 valence electrons. The molecule has 8 heteroatoms. The van der Waals surface area contributed by atoms with Crippen LogP contribution in [0.1, 0.15) is 12.8 Å². The molecular formula is C5H9NO6P+. The molecule has 1 unspecified atom stereocenters. The lowest BCUT2D eigenvalue weighted by Gasteiger charge is -2.03. The molecule has 0 aromatic rings. The summed E-state index contributed by atoms with van der Waals surface area (Å²) in [6, 6.07) is -1.30. The Balaban J connectivity index is 4.02. The van der Waals surface area contributed by atoms with E-state index >= 15 is 0 Å². The number of aliphatic carboxylic acids is 2. The SMILES string of the molecule is O=C(O)CC[C@H](N[P+](=O)O)C(=O)O. The molecule has 0 spiro atoms. The quantitative estimate of drug-likeness (QED) is 0.437. The van der Waals surface area contributed by atoms with Crippen molar-refractivity contribution in [3.05, 3.63) is 0 Å². The van der Waals surface area contributed by atoms with E-state index in [-0.39, 0.29) is 12.8 Å². The van der Waals surface area contributed by atoms with E-state index < -0.39 is 26.2 Å². The summed E-state index contributed by atoms with van der Waals surface area (Å²) < 4.78 is 10.2. The van der Waals surface area contributed by atoms with Crippen molar-refractivity contribution in [2.24, 2.45) is 0 Å². The number of nitrogens with one attached hydrogen (secondary N) is 1. The lowest BCUT2D eigenvalue weighted by Crippen LogP contribution is -2.32. The molecule has 0 radical (unpaired) electrons. The molecule has 0 aliphatic heterocycles. The van der Waals surface area contributed by atoms with E-state index in [9.17, 15) is 14.2 Å². The lowest BCUT2D eigenvalue weighted by molar-refractivity contribution is -0.140. The van der Waals surface area contributed by atoms with Gasteiger partial charge in [0, 0.05) is 6.42 Å². The Morgan fingerprint density at radius 1 is 1.38 bits per heavy atom. The van der Waals surface area contributed by atoms with Gasteiger partial charge in [0.1, 0.15) is 0 Å². The molecule has 13 heavy (non-hydrogen) atoms. The maximum atomic E-state index is 10.4. The average molecular weight is 210 g/mol. The van der Waals surface area contributed by atoms with Crippen molar-refractivity contribution in [3.8, 4) is 0 Å². The summed E-state index contributed by atoms with van der Waals surface area (Å²) in [6.07, 6.45) is -0.598. The van der Waals surface area contributed by atoms with Crippen LogP contribution in [0.3, 0.4) is 0 Å². The highest BCUT2D eigenvalue weighted by atomic mass is 31.1. The van der Waals surface area contributed by atoms with Gasteiger partial charge in [-0.15, -0.1) is 4.89 Å². The van der Waals surface area contributed by atoms with Gasteiger partial charge in [-0.3, -0.25) is 9.59 Å². The molecule has 0 aliphatic carbocycles. The van der Waals surface area contributed by atoms with Crippen molar-refractivity contribution in [3.63, 3.8) is 0 Å². The number of hydrogen-bond acceptors (Lipinski definition) is 3. The van der Waals surface area contributed by atoms with Crippen LogP contribution in [-0.2, 0) is 14.2 Å². The zero-order valence-corrected chi connectivity index (χ0v) is 7.40. The van der Waals surface area contributed by atoms with Crippen LogP contribution in [-0.4, -0.2) is 33.1 Å². The van der Waals surface area contributed by atoms with Gasteiger partial charge in [0.2, 0.25) is 0 Å². The van der Waals surface area contributed by atoms with Crippen molar-refractivity contribution < 1.29 is 29.3 Å². The molecule has 0 aliphatic rings. The minimum Gasteiger partial charge on any atom is -0.481 e. The maximum absolute atomic E-state index is 10.4. The summed E-state index contributed by atoms with van der Waals surface area (Å²) >= 11 is 0. The first-order valence-corrected chi connectivity index (χ1v) is 4.51. The minimum absolute atomic E-state index is 0.230. The zero-order chi connectivity index (χ0) is 10.4. The highest BCUT2D eigenvalue weighted by Gasteiger charge is 2.26. The first-order chi connectivity index (χ1) is 5.93. The second kappa shape index (κ2) is 5.58. The number of carboxylic acid groups (broad SMARTS) is 2. The fourth-order valence-corrected chi connectivity index (χ4v) is 1.15. The molecule has 0 fully saturated rings. The molecule has 4 N–H and O–H groups in total. The first-order valence-electron chi connectivity index (χ1n) is 3.30. The van der Waals surface area contributed by atoms with Gasteiger partial charge in [0.15, 0.2) is 6.04 Å². The molecule has 0 bridgehead atoms. The monoisotopic (exact) mass is 210 g/mol. The van der Waals surface area contributed by atoms with Gasteiger partial charge in [0.25, 0.3) is 0 Å². The van der Waals surface area contributed by atoms with E-state index in [4.69, 9.17) is 15.1 Å². The van der Waals surface area contributed by atoms with E-state index in [2.05, 4.69) is 0 Å². The highest BCUT2D eigenvalue weighted by Crippen LogP contribution is 2.10. The predicted molar refractivity (Wildman–Crippen MR) is 41.3 cm³/mol. The molecule has 0 saturated carbocycles. The standard InChI is InChI=1S/C5H8NO6P/c7-4(8)2-1-3(5(9)10)6-13(11)12/h3H,1-2H2,(H3-,6,7,8,9,10,11,12)/p+1/t3-/m0/s1. The Morgan fingerprint density at radius 2 is 1.92 bits per heavy atom. The largest absolute Gasteiger partial charge is 0.611 e. The van der Waals surface area contributed by atoms with Crippen LogP contribution < -0.4 is 5.09 Å². The van der Waals surface area contributed by atoms with Crippen LogP contribution in [0, 0.1) is 0 Å². The predicted octanol–water partition coefficient (Wildman–Crippen LogP) is -0.456. The van der Waals surface area contributed by atoms with E-state index in [1.54, 1.807) is 0 Å². The van der Waals surface area contributed by atoms with Crippen LogP contribution >= 0.6 is 8.18 Å². The first kappa shape index (κ1) is 12.0. The molecular weight excluding hydrogens is 201 g/mol. The summed E-state index contributed by atoms with van der Waals surface area (Å²) in [5, 5.41) is 18.5. The Hall–Kier alpha value is -1.04. The summed E-state index contributed by atoms with van der Waals surface area (Å²) in [5.74, 6) is -2.50. The average Bonchev–Trinajstić information content (AvgIpc) is 1.96. The minimum atomic E-state index is -2.78. The van der Waals surface area contributed by atoms with E-state index in [0.717, 1.165) is 0 Å². The third-order valence-corrected chi connectivity index (χ3v) is 1.74. The van der Waals surface area contributed by atoms with Crippen LogP contribution in [0.4, 0.5) is 0 Å². The number of carboxylic acids is 2. The van der Waals surface area contributed by atoms with E-state index in [1.807, 2.05) is 5.09 Å². The van der Waals surface area contributed by atoms with Crippen molar-refractivity contribution in [1.82, 2.24) is 5.09 Å². The summed E-state index contributed by atoms with van der Waals surface area (Å²) in [4.78, 5) is 28.7. The molecule has 0 aromatic heterocycles. The molecule has 0 saturated heterocycles. The Labute approximate surface area is 74.3 Å².